The summed E-state index contributed by atoms with van der Waals surface area (Å²) in [5, 5.41) is 20.6. The molecule has 0 atom stereocenters. The predicted molar refractivity (Wildman–Crippen MR) is 106 cm³/mol. The summed E-state index contributed by atoms with van der Waals surface area (Å²) in [4.78, 5) is 24.7. The van der Waals surface area contributed by atoms with Gasteiger partial charge >= 0.3 is 11.3 Å². The predicted octanol–water partition coefficient (Wildman–Crippen LogP) is 3.20. The molecule has 0 spiro atoms. The minimum atomic E-state index is -0.650. The van der Waals surface area contributed by atoms with Crippen molar-refractivity contribution in [3.8, 4) is 17.2 Å². The second-order valence-electron chi connectivity index (χ2n) is 6.86. The van der Waals surface area contributed by atoms with Crippen molar-refractivity contribution < 1.29 is 23.8 Å². The summed E-state index contributed by atoms with van der Waals surface area (Å²) in [7, 11) is 1.52. The molecule has 0 aliphatic heterocycles. The van der Waals surface area contributed by atoms with Gasteiger partial charge in [-0.1, -0.05) is 18.2 Å². The number of ether oxygens (including phenoxy) is 1. The van der Waals surface area contributed by atoms with Crippen LogP contribution in [0.5, 0.6) is 17.2 Å². The van der Waals surface area contributed by atoms with Gasteiger partial charge in [-0.2, -0.15) is 0 Å². The number of para-hydroxylation sites is 1. The lowest BCUT2D eigenvalue weighted by atomic mass is 9.86. The maximum absolute atomic E-state index is 12.3. The van der Waals surface area contributed by atoms with Gasteiger partial charge in [0.25, 0.3) is 0 Å². The SMILES string of the molecule is COc1ccccc1C(Cc1c(O)cc(C)oc1=O)Cc1c(O)cc(C)oc1=O. The summed E-state index contributed by atoms with van der Waals surface area (Å²) in [6.07, 6.45) is 0.142. The van der Waals surface area contributed by atoms with Gasteiger partial charge in [-0.3, -0.25) is 0 Å². The molecule has 3 aromatic rings. The van der Waals surface area contributed by atoms with Crippen molar-refractivity contribution in [1.29, 1.82) is 0 Å². The summed E-state index contributed by atoms with van der Waals surface area (Å²) in [6, 6.07) is 9.91. The van der Waals surface area contributed by atoms with Crippen molar-refractivity contribution in [1.82, 2.24) is 0 Å². The molecule has 29 heavy (non-hydrogen) atoms. The van der Waals surface area contributed by atoms with E-state index in [4.69, 9.17) is 13.6 Å². The van der Waals surface area contributed by atoms with Crippen molar-refractivity contribution in [2.45, 2.75) is 32.6 Å². The summed E-state index contributed by atoms with van der Waals surface area (Å²) in [5.41, 5.74) is -0.413. The van der Waals surface area contributed by atoms with Crippen LogP contribution >= 0.6 is 0 Å². The van der Waals surface area contributed by atoms with Gasteiger partial charge in [0.2, 0.25) is 0 Å². The highest BCUT2D eigenvalue weighted by molar-refractivity contribution is 5.41. The first-order valence-electron chi connectivity index (χ1n) is 9.08. The summed E-state index contributed by atoms with van der Waals surface area (Å²) < 4.78 is 15.7. The molecule has 2 aromatic heterocycles. The van der Waals surface area contributed by atoms with Crippen molar-refractivity contribution in [2.24, 2.45) is 0 Å². The number of aryl methyl sites for hydroxylation is 2. The van der Waals surface area contributed by atoms with E-state index in [2.05, 4.69) is 0 Å². The molecule has 3 rings (SSSR count). The molecule has 0 fully saturated rings. The second-order valence-corrected chi connectivity index (χ2v) is 6.86. The Morgan fingerprint density at radius 3 is 1.83 bits per heavy atom. The number of rotatable bonds is 6. The molecule has 7 heteroatoms. The zero-order valence-electron chi connectivity index (χ0n) is 16.4. The first-order chi connectivity index (χ1) is 13.8. The van der Waals surface area contributed by atoms with Crippen molar-refractivity contribution in [2.75, 3.05) is 7.11 Å². The molecule has 0 bridgehead atoms. The van der Waals surface area contributed by atoms with Crippen LogP contribution in [0.4, 0.5) is 0 Å². The summed E-state index contributed by atoms with van der Waals surface area (Å²) in [5.74, 6) is 0.310. The lowest BCUT2D eigenvalue weighted by molar-refractivity contribution is 0.394. The summed E-state index contributed by atoms with van der Waals surface area (Å²) >= 11 is 0. The Labute approximate surface area is 166 Å². The first kappa shape index (κ1) is 20.3. The highest BCUT2D eigenvalue weighted by atomic mass is 16.5. The number of benzene rings is 1. The van der Waals surface area contributed by atoms with E-state index in [0.29, 0.717) is 22.8 Å². The van der Waals surface area contributed by atoms with Gasteiger partial charge in [0.05, 0.1) is 18.2 Å². The van der Waals surface area contributed by atoms with Gasteiger partial charge in [-0.25, -0.2) is 9.59 Å². The summed E-state index contributed by atoms with van der Waals surface area (Å²) in [6.45, 7) is 3.14. The van der Waals surface area contributed by atoms with Gasteiger partial charge in [-0.15, -0.1) is 0 Å². The minimum Gasteiger partial charge on any atom is -0.507 e. The molecule has 0 amide bonds. The fourth-order valence-corrected chi connectivity index (χ4v) is 3.41. The lowest BCUT2D eigenvalue weighted by Gasteiger charge is -2.20. The standard InChI is InChI=1S/C22H22O7/c1-12-8-18(23)16(21(25)28-12)10-14(15-6-4-5-7-20(15)27-3)11-17-19(24)9-13(2)29-22(17)26/h4-9,14,23-24H,10-11H2,1-3H3. The third kappa shape index (κ3) is 4.34. The van der Waals surface area contributed by atoms with E-state index in [1.54, 1.807) is 32.0 Å². The second kappa shape index (κ2) is 8.26. The minimum absolute atomic E-state index is 0.0710. The van der Waals surface area contributed by atoms with Crippen LogP contribution in [0.25, 0.3) is 0 Å². The Kier molecular flexibility index (Phi) is 5.77. The average Bonchev–Trinajstić information content (AvgIpc) is 2.65. The third-order valence-corrected chi connectivity index (χ3v) is 4.78. The van der Waals surface area contributed by atoms with Gasteiger partial charge in [0, 0.05) is 12.1 Å². The molecule has 0 radical (unpaired) electrons. The topological polar surface area (TPSA) is 110 Å². The quantitative estimate of drug-likeness (QED) is 0.656. The molecular weight excluding hydrogens is 376 g/mol. The maximum atomic E-state index is 12.3. The van der Waals surface area contributed by atoms with Crippen molar-refractivity contribution >= 4 is 0 Å². The fourth-order valence-electron chi connectivity index (χ4n) is 3.41. The smallest absolute Gasteiger partial charge is 0.342 e. The van der Waals surface area contributed by atoms with Crippen LogP contribution < -0.4 is 16.0 Å². The normalized spacial score (nSPS) is 11.0. The highest BCUT2D eigenvalue weighted by Crippen LogP contribution is 2.34. The molecule has 0 unspecified atom stereocenters. The number of aromatic hydroxyl groups is 2. The molecular formula is C22H22O7. The fraction of sp³-hybridized carbons (Fsp3) is 0.273. The molecule has 0 aliphatic carbocycles. The van der Waals surface area contributed by atoms with E-state index in [1.165, 1.54) is 19.2 Å². The van der Waals surface area contributed by atoms with Crippen LogP contribution in [-0.4, -0.2) is 17.3 Å². The zero-order chi connectivity index (χ0) is 21.1. The third-order valence-electron chi connectivity index (χ3n) is 4.78. The van der Waals surface area contributed by atoms with Crippen LogP contribution in [0.1, 0.15) is 34.1 Å². The molecule has 152 valence electrons. The Balaban J connectivity index is 2.11. The van der Waals surface area contributed by atoms with Gasteiger partial charge in [-0.05, 0) is 44.2 Å². The van der Waals surface area contributed by atoms with E-state index in [1.807, 2.05) is 6.07 Å². The van der Waals surface area contributed by atoms with E-state index in [-0.39, 0.29) is 35.5 Å². The van der Waals surface area contributed by atoms with Gasteiger partial charge in [0.15, 0.2) is 0 Å². The van der Waals surface area contributed by atoms with E-state index in [9.17, 15) is 19.8 Å². The molecule has 2 heterocycles. The molecule has 2 N–H and O–H groups in total. The van der Waals surface area contributed by atoms with Gasteiger partial charge < -0.3 is 23.8 Å². The number of methoxy groups -OCH3 is 1. The van der Waals surface area contributed by atoms with Crippen LogP contribution in [0.2, 0.25) is 0 Å². The van der Waals surface area contributed by atoms with Gasteiger partial charge in [0.1, 0.15) is 28.8 Å². The molecule has 0 saturated heterocycles. The van der Waals surface area contributed by atoms with Crippen LogP contribution in [0.3, 0.4) is 0 Å². The maximum Gasteiger partial charge on any atom is 0.342 e. The molecule has 0 saturated carbocycles. The van der Waals surface area contributed by atoms with E-state index >= 15 is 0 Å². The highest BCUT2D eigenvalue weighted by Gasteiger charge is 2.24. The largest absolute Gasteiger partial charge is 0.507 e. The molecule has 7 nitrogen and oxygen atoms in total. The monoisotopic (exact) mass is 398 g/mol. The number of hydrogen-bond acceptors (Lipinski definition) is 7. The molecule has 1 aromatic carbocycles. The Hall–Kier alpha value is -3.48. The number of hydrogen-bond donors (Lipinski definition) is 2. The molecule has 0 aliphatic rings. The van der Waals surface area contributed by atoms with Crippen molar-refractivity contribution in [3.05, 3.63) is 85.4 Å². The van der Waals surface area contributed by atoms with Crippen LogP contribution in [-0.2, 0) is 12.8 Å². The Morgan fingerprint density at radius 1 is 0.897 bits per heavy atom. The Morgan fingerprint density at radius 2 is 1.38 bits per heavy atom. The van der Waals surface area contributed by atoms with E-state index in [0.717, 1.165) is 0 Å². The lowest BCUT2D eigenvalue weighted by Crippen LogP contribution is -2.18. The van der Waals surface area contributed by atoms with Crippen molar-refractivity contribution in [3.63, 3.8) is 0 Å². The average molecular weight is 398 g/mol. The van der Waals surface area contributed by atoms with Crippen LogP contribution in [0.15, 0.2) is 54.8 Å². The Bertz CT molecular complexity index is 1070. The van der Waals surface area contributed by atoms with Crippen LogP contribution in [0, 0.1) is 13.8 Å². The zero-order valence-corrected chi connectivity index (χ0v) is 16.4. The van der Waals surface area contributed by atoms with E-state index < -0.39 is 17.2 Å². The first-order valence-corrected chi connectivity index (χ1v) is 9.08.